The standard InChI is InChI=1S/C13H18N4O3S/c1-8-7-17(5-4-10(8)14)21(19,20)9-2-3-11-12(6-9)16-13(18)15-11/h2-3,6,8,10H,4-5,7,14H2,1H3,(H2,15,16,18). The summed E-state index contributed by atoms with van der Waals surface area (Å²) in [6.07, 6.45) is 0.656. The van der Waals surface area contributed by atoms with Crippen molar-refractivity contribution < 1.29 is 8.42 Å². The van der Waals surface area contributed by atoms with Gasteiger partial charge in [0.15, 0.2) is 0 Å². The van der Waals surface area contributed by atoms with E-state index in [4.69, 9.17) is 5.73 Å². The highest BCUT2D eigenvalue weighted by atomic mass is 32.2. The molecule has 4 N–H and O–H groups in total. The van der Waals surface area contributed by atoms with Crippen molar-refractivity contribution >= 4 is 21.1 Å². The number of nitrogens with two attached hydrogens (primary N) is 1. The number of aromatic amines is 2. The molecule has 0 amide bonds. The van der Waals surface area contributed by atoms with Gasteiger partial charge in [0, 0.05) is 19.1 Å². The molecule has 2 unspecified atom stereocenters. The zero-order chi connectivity index (χ0) is 15.2. The molecule has 1 aromatic carbocycles. The Morgan fingerprint density at radius 2 is 2.00 bits per heavy atom. The van der Waals surface area contributed by atoms with Crippen LogP contribution in [0.5, 0.6) is 0 Å². The molecule has 2 atom stereocenters. The Hall–Kier alpha value is -1.64. The SMILES string of the molecule is CC1CN(S(=O)(=O)c2ccc3[nH]c(=O)[nH]c3c2)CCC1N. The quantitative estimate of drug-likeness (QED) is 0.736. The molecule has 7 nitrogen and oxygen atoms in total. The smallest absolute Gasteiger partial charge is 0.323 e. The minimum Gasteiger partial charge on any atom is -0.327 e. The van der Waals surface area contributed by atoms with Crippen LogP contribution in [0.2, 0.25) is 0 Å². The third kappa shape index (κ3) is 2.50. The second kappa shape index (κ2) is 4.97. The molecule has 2 aromatic rings. The molecule has 3 rings (SSSR count). The van der Waals surface area contributed by atoms with Crippen LogP contribution in [0.1, 0.15) is 13.3 Å². The lowest BCUT2D eigenvalue weighted by atomic mass is 9.96. The van der Waals surface area contributed by atoms with Crippen LogP contribution >= 0.6 is 0 Å². The van der Waals surface area contributed by atoms with Crippen LogP contribution in [0.4, 0.5) is 0 Å². The zero-order valence-corrected chi connectivity index (χ0v) is 12.5. The third-order valence-corrected chi connectivity index (χ3v) is 5.92. The number of imidazole rings is 1. The number of aromatic nitrogens is 2. The summed E-state index contributed by atoms with van der Waals surface area (Å²) in [5.41, 5.74) is 6.66. The van der Waals surface area contributed by atoms with Crippen molar-refractivity contribution in [2.45, 2.75) is 24.3 Å². The van der Waals surface area contributed by atoms with Crippen LogP contribution < -0.4 is 11.4 Å². The summed E-state index contributed by atoms with van der Waals surface area (Å²) in [6.45, 7) is 2.81. The topological polar surface area (TPSA) is 112 Å². The first-order valence-corrected chi connectivity index (χ1v) is 8.30. The van der Waals surface area contributed by atoms with E-state index in [1.807, 2.05) is 6.92 Å². The Kier molecular flexibility index (Phi) is 3.39. The van der Waals surface area contributed by atoms with Gasteiger partial charge in [-0.15, -0.1) is 0 Å². The largest absolute Gasteiger partial charge is 0.327 e. The number of piperidine rings is 1. The van der Waals surface area contributed by atoms with E-state index in [0.717, 1.165) is 0 Å². The zero-order valence-electron chi connectivity index (χ0n) is 11.7. The molecular weight excluding hydrogens is 292 g/mol. The van der Waals surface area contributed by atoms with E-state index in [-0.39, 0.29) is 22.5 Å². The van der Waals surface area contributed by atoms with E-state index >= 15 is 0 Å². The van der Waals surface area contributed by atoms with Crippen LogP contribution in [-0.2, 0) is 10.0 Å². The summed E-state index contributed by atoms with van der Waals surface area (Å²) >= 11 is 0. The van der Waals surface area contributed by atoms with Gasteiger partial charge in [0.25, 0.3) is 0 Å². The average molecular weight is 310 g/mol. The second-order valence-corrected chi connectivity index (χ2v) is 7.52. The van der Waals surface area contributed by atoms with Gasteiger partial charge in [-0.1, -0.05) is 6.92 Å². The van der Waals surface area contributed by atoms with E-state index in [1.54, 1.807) is 6.07 Å². The van der Waals surface area contributed by atoms with Crippen LogP contribution in [0.15, 0.2) is 27.9 Å². The van der Waals surface area contributed by atoms with Gasteiger partial charge in [0.1, 0.15) is 0 Å². The summed E-state index contributed by atoms with van der Waals surface area (Å²) in [5.74, 6) is 0.129. The van der Waals surface area contributed by atoms with Gasteiger partial charge in [-0.2, -0.15) is 4.31 Å². The number of hydrogen-bond acceptors (Lipinski definition) is 4. The molecule has 1 saturated heterocycles. The van der Waals surface area contributed by atoms with Crippen LogP contribution in [0, 0.1) is 5.92 Å². The molecule has 0 radical (unpaired) electrons. The normalized spacial score (nSPS) is 24.5. The lowest BCUT2D eigenvalue weighted by molar-refractivity contribution is 0.250. The molecule has 1 aliphatic heterocycles. The van der Waals surface area contributed by atoms with Crippen molar-refractivity contribution in [3.8, 4) is 0 Å². The second-order valence-electron chi connectivity index (χ2n) is 5.58. The Labute approximate surface area is 122 Å². The van der Waals surface area contributed by atoms with E-state index in [2.05, 4.69) is 9.97 Å². The number of benzene rings is 1. The minimum absolute atomic E-state index is 0.0416. The molecule has 0 bridgehead atoms. The fourth-order valence-corrected chi connectivity index (χ4v) is 4.25. The Balaban J connectivity index is 1.97. The fraction of sp³-hybridized carbons (Fsp3) is 0.462. The highest BCUT2D eigenvalue weighted by Crippen LogP contribution is 2.24. The number of nitrogens with zero attached hydrogens (tertiary/aromatic N) is 1. The summed E-state index contributed by atoms with van der Waals surface area (Å²) in [5, 5.41) is 0. The molecule has 0 saturated carbocycles. The van der Waals surface area contributed by atoms with Gasteiger partial charge in [-0.05, 0) is 30.5 Å². The van der Waals surface area contributed by atoms with Gasteiger partial charge >= 0.3 is 5.69 Å². The molecule has 1 aliphatic rings. The summed E-state index contributed by atoms with van der Waals surface area (Å²) in [4.78, 5) is 16.6. The fourth-order valence-electron chi connectivity index (χ4n) is 2.66. The van der Waals surface area contributed by atoms with Crippen molar-refractivity contribution in [2.24, 2.45) is 11.7 Å². The monoisotopic (exact) mass is 310 g/mol. The van der Waals surface area contributed by atoms with Crippen LogP contribution in [0.3, 0.4) is 0 Å². The van der Waals surface area contributed by atoms with Crippen molar-refractivity contribution in [3.63, 3.8) is 0 Å². The molecule has 21 heavy (non-hydrogen) atoms. The molecule has 0 spiro atoms. The predicted octanol–water partition coefficient (Wildman–Crippen LogP) is 0.214. The number of rotatable bonds is 2. The highest BCUT2D eigenvalue weighted by molar-refractivity contribution is 7.89. The van der Waals surface area contributed by atoms with Gasteiger partial charge < -0.3 is 15.7 Å². The van der Waals surface area contributed by atoms with Crippen LogP contribution in [-0.4, -0.2) is 41.8 Å². The number of hydrogen-bond donors (Lipinski definition) is 3. The molecule has 114 valence electrons. The average Bonchev–Trinajstić information content (AvgIpc) is 2.80. The van der Waals surface area contributed by atoms with Crippen molar-refractivity contribution in [1.82, 2.24) is 14.3 Å². The van der Waals surface area contributed by atoms with E-state index in [0.29, 0.717) is 30.5 Å². The first-order chi connectivity index (χ1) is 9.88. The van der Waals surface area contributed by atoms with Gasteiger partial charge in [0.05, 0.1) is 15.9 Å². The van der Waals surface area contributed by atoms with E-state index in [9.17, 15) is 13.2 Å². The number of nitrogens with one attached hydrogen (secondary N) is 2. The Morgan fingerprint density at radius 1 is 1.29 bits per heavy atom. The van der Waals surface area contributed by atoms with Crippen molar-refractivity contribution in [3.05, 3.63) is 28.7 Å². The maximum Gasteiger partial charge on any atom is 0.323 e. The molecule has 1 fully saturated rings. The summed E-state index contributed by atoms with van der Waals surface area (Å²) < 4.78 is 26.8. The highest BCUT2D eigenvalue weighted by Gasteiger charge is 2.32. The number of H-pyrrole nitrogens is 2. The molecule has 1 aromatic heterocycles. The van der Waals surface area contributed by atoms with Crippen molar-refractivity contribution in [1.29, 1.82) is 0 Å². The minimum atomic E-state index is -3.56. The molecule has 2 heterocycles. The first kappa shape index (κ1) is 14.3. The first-order valence-electron chi connectivity index (χ1n) is 6.86. The van der Waals surface area contributed by atoms with Crippen molar-refractivity contribution in [2.75, 3.05) is 13.1 Å². The van der Waals surface area contributed by atoms with E-state index < -0.39 is 10.0 Å². The molecule has 8 heteroatoms. The Bertz CT molecular complexity index is 823. The van der Waals surface area contributed by atoms with Crippen LogP contribution in [0.25, 0.3) is 11.0 Å². The lowest BCUT2D eigenvalue weighted by Crippen LogP contribution is -2.48. The summed E-state index contributed by atoms with van der Waals surface area (Å²) in [7, 11) is -3.56. The maximum atomic E-state index is 12.7. The Morgan fingerprint density at radius 3 is 2.71 bits per heavy atom. The van der Waals surface area contributed by atoms with E-state index in [1.165, 1.54) is 16.4 Å². The lowest BCUT2D eigenvalue weighted by Gasteiger charge is -2.34. The van der Waals surface area contributed by atoms with Gasteiger partial charge in [0.2, 0.25) is 10.0 Å². The predicted molar refractivity (Wildman–Crippen MR) is 79.4 cm³/mol. The van der Waals surface area contributed by atoms with Gasteiger partial charge in [-0.3, -0.25) is 0 Å². The third-order valence-electron chi connectivity index (χ3n) is 4.06. The molecule has 0 aliphatic carbocycles. The maximum absolute atomic E-state index is 12.7. The number of fused-ring (bicyclic) bond motifs is 1. The van der Waals surface area contributed by atoms with Gasteiger partial charge in [-0.25, -0.2) is 13.2 Å². The number of sulfonamides is 1. The molecular formula is C13H18N4O3S. The summed E-state index contributed by atoms with van der Waals surface area (Å²) in [6, 6.07) is 4.64.